The maximum atomic E-state index is 12.3. The van der Waals surface area contributed by atoms with Gasteiger partial charge in [-0.25, -0.2) is 4.79 Å². The number of ether oxygens (including phenoxy) is 1. The lowest BCUT2D eigenvalue weighted by atomic mass is 10.2. The molecule has 2 heterocycles. The number of nitrogens with one attached hydrogen (secondary N) is 1. The Morgan fingerprint density at radius 2 is 1.83 bits per heavy atom. The highest BCUT2D eigenvalue weighted by Crippen LogP contribution is 2.31. The first-order valence-electron chi connectivity index (χ1n) is 8.93. The smallest absolute Gasteiger partial charge is 0.321 e. The van der Waals surface area contributed by atoms with Gasteiger partial charge in [0.05, 0.1) is 12.3 Å². The lowest BCUT2D eigenvalue weighted by molar-refractivity contribution is 0.222. The molecule has 132 valence electrons. The number of hydrogen-bond acceptors (Lipinski definition) is 4. The van der Waals surface area contributed by atoms with Crippen LogP contribution in [0.3, 0.4) is 0 Å². The molecule has 0 bridgehead atoms. The van der Waals surface area contributed by atoms with Crippen molar-refractivity contribution in [1.29, 1.82) is 0 Å². The second-order valence-electron chi connectivity index (χ2n) is 6.53. The van der Waals surface area contributed by atoms with E-state index in [9.17, 15) is 4.79 Å². The quantitative estimate of drug-likeness (QED) is 0.920. The lowest BCUT2D eigenvalue weighted by Crippen LogP contribution is -2.44. The number of anilines is 2. The highest BCUT2D eigenvalue weighted by Gasteiger charge is 2.20. The fourth-order valence-corrected chi connectivity index (χ4v) is 3.27. The van der Waals surface area contributed by atoms with E-state index in [-0.39, 0.29) is 6.03 Å². The van der Waals surface area contributed by atoms with Crippen LogP contribution in [0.4, 0.5) is 16.2 Å². The fraction of sp³-hybridized carbons (Fsp3) is 0.611. The molecule has 1 N–H and O–H groups in total. The number of carbonyl (C=O) groups is 1. The van der Waals surface area contributed by atoms with Crippen LogP contribution in [0.5, 0.6) is 5.75 Å². The summed E-state index contributed by atoms with van der Waals surface area (Å²) in [7, 11) is 2.15. The van der Waals surface area contributed by atoms with E-state index >= 15 is 0 Å². The summed E-state index contributed by atoms with van der Waals surface area (Å²) in [6.07, 6.45) is 2.18. The molecule has 1 aromatic carbocycles. The molecule has 2 saturated heterocycles. The Bertz CT molecular complexity index is 564. The Morgan fingerprint density at radius 1 is 1.12 bits per heavy atom. The van der Waals surface area contributed by atoms with Crippen LogP contribution < -0.4 is 15.0 Å². The van der Waals surface area contributed by atoms with Crippen molar-refractivity contribution in [2.75, 3.05) is 63.1 Å². The fourth-order valence-electron chi connectivity index (χ4n) is 3.27. The minimum Gasteiger partial charge on any atom is -0.492 e. The minimum atomic E-state index is -0.0270. The molecular weight excluding hydrogens is 304 g/mol. The van der Waals surface area contributed by atoms with Crippen molar-refractivity contribution in [1.82, 2.24) is 9.80 Å². The van der Waals surface area contributed by atoms with E-state index in [0.717, 1.165) is 69.2 Å². The Hall–Kier alpha value is -1.95. The molecule has 3 rings (SSSR count). The van der Waals surface area contributed by atoms with Crippen LogP contribution in [-0.4, -0.2) is 68.8 Å². The molecular formula is C18H28N4O2. The van der Waals surface area contributed by atoms with Gasteiger partial charge in [0, 0.05) is 51.0 Å². The van der Waals surface area contributed by atoms with Gasteiger partial charge in [-0.2, -0.15) is 0 Å². The molecule has 2 aliphatic rings. The largest absolute Gasteiger partial charge is 0.492 e. The Kier molecular flexibility index (Phi) is 5.45. The van der Waals surface area contributed by atoms with E-state index in [4.69, 9.17) is 4.74 Å². The molecule has 2 aliphatic heterocycles. The molecule has 0 atom stereocenters. The number of amides is 2. The average molecular weight is 332 g/mol. The summed E-state index contributed by atoms with van der Waals surface area (Å²) in [5, 5.41) is 3.01. The molecule has 1 aromatic rings. The lowest BCUT2D eigenvalue weighted by Gasteiger charge is -2.34. The first kappa shape index (κ1) is 16.9. The van der Waals surface area contributed by atoms with Crippen molar-refractivity contribution in [3.63, 3.8) is 0 Å². The minimum absolute atomic E-state index is 0.0270. The zero-order valence-electron chi connectivity index (χ0n) is 14.8. The van der Waals surface area contributed by atoms with Gasteiger partial charge in [0.1, 0.15) is 5.75 Å². The SMILES string of the molecule is CCOc1cc(N2CCN(C)CC2)ccc1NC(=O)N1CCCC1. The number of likely N-dealkylation sites (N-methyl/N-ethyl adjacent to an activating group) is 1. The van der Waals surface area contributed by atoms with E-state index in [1.165, 1.54) is 0 Å². The Morgan fingerprint density at radius 3 is 2.50 bits per heavy atom. The number of urea groups is 1. The predicted molar refractivity (Wildman–Crippen MR) is 97.1 cm³/mol. The van der Waals surface area contributed by atoms with Gasteiger partial charge < -0.3 is 24.8 Å². The molecule has 6 nitrogen and oxygen atoms in total. The van der Waals surface area contributed by atoms with E-state index in [1.54, 1.807) is 0 Å². The second kappa shape index (κ2) is 7.75. The van der Waals surface area contributed by atoms with Crippen LogP contribution in [0.15, 0.2) is 18.2 Å². The van der Waals surface area contributed by atoms with Gasteiger partial charge in [-0.3, -0.25) is 0 Å². The third-order valence-corrected chi connectivity index (χ3v) is 4.77. The predicted octanol–water partition coefficient (Wildman–Crippen LogP) is 2.46. The van der Waals surface area contributed by atoms with Crippen LogP contribution in [0, 0.1) is 0 Å². The van der Waals surface area contributed by atoms with Crippen molar-refractivity contribution in [3.05, 3.63) is 18.2 Å². The number of rotatable bonds is 4. The molecule has 0 unspecified atom stereocenters. The van der Waals surface area contributed by atoms with Crippen LogP contribution in [0.2, 0.25) is 0 Å². The van der Waals surface area contributed by atoms with Crippen molar-refractivity contribution in [2.45, 2.75) is 19.8 Å². The summed E-state index contributed by atoms with van der Waals surface area (Å²) in [5.74, 6) is 0.751. The zero-order chi connectivity index (χ0) is 16.9. The highest BCUT2D eigenvalue weighted by atomic mass is 16.5. The summed E-state index contributed by atoms with van der Waals surface area (Å²) < 4.78 is 5.78. The maximum Gasteiger partial charge on any atom is 0.321 e. The van der Waals surface area contributed by atoms with Crippen LogP contribution in [0.25, 0.3) is 0 Å². The number of carbonyl (C=O) groups excluding carboxylic acids is 1. The van der Waals surface area contributed by atoms with Crippen LogP contribution in [-0.2, 0) is 0 Å². The van der Waals surface area contributed by atoms with Gasteiger partial charge in [0.25, 0.3) is 0 Å². The number of nitrogens with zero attached hydrogens (tertiary/aromatic N) is 3. The van der Waals surface area contributed by atoms with Crippen molar-refractivity contribution in [3.8, 4) is 5.75 Å². The molecule has 0 spiro atoms. The van der Waals surface area contributed by atoms with E-state index in [1.807, 2.05) is 17.9 Å². The Balaban J connectivity index is 1.73. The summed E-state index contributed by atoms with van der Waals surface area (Å²) in [6, 6.07) is 6.06. The van der Waals surface area contributed by atoms with Crippen LogP contribution >= 0.6 is 0 Å². The zero-order valence-corrected chi connectivity index (χ0v) is 14.8. The number of benzene rings is 1. The molecule has 0 saturated carbocycles. The van der Waals surface area contributed by atoms with Crippen molar-refractivity contribution >= 4 is 17.4 Å². The van der Waals surface area contributed by atoms with Crippen LogP contribution in [0.1, 0.15) is 19.8 Å². The number of hydrogen-bond donors (Lipinski definition) is 1. The molecule has 24 heavy (non-hydrogen) atoms. The van der Waals surface area contributed by atoms with Gasteiger partial charge in [-0.1, -0.05) is 0 Å². The second-order valence-corrected chi connectivity index (χ2v) is 6.53. The number of piperazine rings is 1. The third kappa shape index (κ3) is 3.93. The third-order valence-electron chi connectivity index (χ3n) is 4.77. The monoisotopic (exact) mass is 332 g/mol. The van der Waals surface area contributed by atoms with Gasteiger partial charge in [0.2, 0.25) is 0 Å². The summed E-state index contributed by atoms with van der Waals surface area (Å²) in [6.45, 7) is 8.40. The topological polar surface area (TPSA) is 48.1 Å². The van der Waals surface area contributed by atoms with E-state index in [0.29, 0.717) is 6.61 Å². The highest BCUT2D eigenvalue weighted by molar-refractivity contribution is 5.91. The summed E-state index contributed by atoms with van der Waals surface area (Å²) >= 11 is 0. The molecule has 2 amide bonds. The summed E-state index contributed by atoms with van der Waals surface area (Å²) in [5.41, 5.74) is 1.91. The average Bonchev–Trinajstić information content (AvgIpc) is 3.12. The first-order chi connectivity index (χ1) is 11.7. The van der Waals surface area contributed by atoms with Gasteiger partial charge >= 0.3 is 6.03 Å². The van der Waals surface area contributed by atoms with Crippen molar-refractivity contribution < 1.29 is 9.53 Å². The van der Waals surface area contributed by atoms with E-state index in [2.05, 4.69) is 34.3 Å². The normalized spacial score (nSPS) is 18.8. The maximum absolute atomic E-state index is 12.3. The first-order valence-corrected chi connectivity index (χ1v) is 8.93. The van der Waals surface area contributed by atoms with Crippen molar-refractivity contribution in [2.24, 2.45) is 0 Å². The molecule has 2 fully saturated rings. The number of likely N-dealkylation sites (tertiary alicyclic amines) is 1. The van der Waals surface area contributed by atoms with Gasteiger partial charge in [0.15, 0.2) is 0 Å². The van der Waals surface area contributed by atoms with E-state index < -0.39 is 0 Å². The Labute approximate surface area is 144 Å². The van der Waals surface area contributed by atoms with Gasteiger partial charge in [-0.05, 0) is 38.9 Å². The molecule has 0 aromatic heterocycles. The molecule has 0 radical (unpaired) electrons. The molecule has 0 aliphatic carbocycles. The van der Waals surface area contributed by atoms with Gasteiger partial charge in [-0.15, -0.1) is 0 Å². The standard InChI is InChI=1S/C18H28N4O2/c1-3-24-17-14-15(21-12-10-20(2)11-13-21)6-7-16(17)19-18(23)22-8-4-5-9-22/h6-7,14H,3-5,8-13H2,1-2H3,(H,19,23). The molecule has 6 heteroatoms. The summed E-state index contributed by atoms with van der Waals surface area (Å²) in [4.78, 5) is 18.9.